The highest BCUT2D eigenvalue weighted by Gasteiger charge is 2.27. The van der Waals surface area contributed by atoms with Gasteiger partial charge in [0.15, 0.2) is 0 Å². The lowest BCUT2D eigenvalue weighted by atomic mass is 10.1. The molecule has 190 valence electrons. The minimum Gasteiger partial charge on any atom is -0.483 e. The number of carbonyl (C=O) groups is 1. The lowest BCUT2D eigenvalue weighted by Gasteiger charge is -2.21. The van der Waals surface area contributed by atoms with Gasteiger partial charge in [0.2, 0.25) is 21.9 Å². The topological polar surface area (TPSA) is 162 Å². The molecule has 0 radical (unpaired) electrons. The second-order valence-corrected chi connectivity index (χ2v) is 10.5. The van der Waals surface area contributed by atoms with Crippen molar-refractivity contribution in [2.45, 2.75) is 37.8 Å². The fraction of sp³-hybridized carbons (Fsp3) is 0.250. The maximum absolute atomic E-state index is 13.0. The Bertz CT molecular complexity index is 1460. The number of imidazole rings is 1. The summed E-state index contributed by atoms with van der Waals surface area (Å²) >= 11 is 0. The zero-order valence-corrected chi connectivity index (χ0v) is 21.2. The zero-order valence-electron chi connectivity index (χ0n) is 20.3. The van der Waals surface area contributed by atoms with Gasteiger partial charge in [-0.05, 0) is 56.2 Å². The van der Waals surface area contributed by atoms with Crippen LogP contribution in [0.25, 0.3) is 22.2 Å². The second-order valence-electron chi connectivity index (χ2n) is 8.81. The number of carboxylic acid groups (broad SMARTS) is 1. The molecule has 0 aliphatic heterocycles. The summed E-state index contributed by atoms with van der Waals surface area (Å²) in [6, 6.07) is 11.0. The molecule has 3 heterocycles. The number of aromatic nitrogens is 4. The molecule has 4 aromatic rings. The van der Waals surface area contributed by atoms with Gasteiger partial charge in [-0.3, -0.25) is 9.78 Å². The van der Waals surface area contributed by atoms with Crippen LogP contribution in [-0.2, 0) is 21.4 Å². The van der Waals surface area contributed by atoms with Crippen molar-refractivity contribution < 1.29 is 23.1 Å². The van der Waals surface area contributed by atoms with Crippen LogP contribution in [0.4, 0.5) is 5.95 Å². The highest BCUT2D eigenvalue weighted by atomic mass is 32.2. The van der Waals surface area contributed by atoms with Crippen molar-refractivity contribution in [3.05, 3.63) is 60.6 Å². The monoisotopic (exact) mass is 512 g/mol. The predicted molar refractivity (Wildman–Crippen MR) is 136 cm³/mol. The van der Waals surface area contributed by atoms with Crippen molar-refractivity contribution >= 4 is 33.5 Å². The third kappa shape index (κ3) is 6.15. The van der Waals surface area contributed by atoms with Gasteiger partial charge >= 0.3 is 0 Å². The van der Waals surface area contributed by atoms with E-state index in [1.807, 2.05) is 34.9 Å². The van der Waals surface area contributed by atoms with Crippen LogP contribution in [-0.4, -0.2) is 52.2 Å². The number of ether oxygens (including phenoxy) is 1. The lowest BCUT2D eigenvalue weighted by molar-refractivity contribution is -0.122. The first kappa shape index (κ1) is 26.6. The molecule has 4 rings (SSSR count). The number of nitrogens with zero attached hydrogens (tertiary/aromatic N) is 4. The lowest BCUT2D eigenvalue weighted by Crippen LogP contribution is -2.40. The number of nitrogens with two attached hydrogens (primary N) is 1. The fourth-order valence-corrected chi connectivity index (χ4v) is 5.12. The van der Waals surface area contributed by atoms with Crippen molar-refractivity contribution in [2.75, 3.05) is 12.8 Å². The molecule has 0 saturated heterocycles. The highest BCUT2D eigenvalue weighted by Crippen LogP contribution is 2.31. The van der Waals surface area contributed by atoms with Gasteiger partial charge in [-0.2, -0.15) is 0 Å². The van der Waals surface area contributed by atoms with E-state index in [0.29, 0.717) is 18.1 Å². The van der Waals surface area contributed by atoms with Crippen LogP contribution in [0.3, 0.4) is 0 Å². The van der Waals surface area contributed by atoms with E-state index in [1.165, 1.54) is 7.11 Å². The van der Waals surface area contributed by atoms with Gasteiger partial charge in [-0.15, -0.1) is 0 Å². The molecule has 11 nitrogen and oxygen atoms in total. The molecule has 0 amide bonds. The standard InChI is InChI=1S/C23H26N6O3S.CH2O2/c1-23(2,3)28-33(30,31)20-11-17(13-26-21(20)32-4)16-7-8-18-19(10-16)29(22(24)27-18)14-15-6-5-9-25-12-15;2-1-3/h5-13,28H,14H2,1-4H3,(H2,24,27);1H,(H,2,3). The minimum absolute atomic E-state index is 0.0269. The number of fused-ring (bicyclic) bond motifs is 1. The van der Waals surface area contributed by atoms with Crippen LogP contribution in [0.5, 0.6) is 5.88 Å². The van der Waals surface area contributed by atoms with E-state index < -0.39 is 15.6 Å². The van der Waals surface area contributed by atoms with Gasteiger partial charge in [0, 0.05) is 29.7 Å². The predicted octanol–water partition coefficient (Wildman–Crippen LogP) is 2.91. The molecule has 0 fully saturated rings. The van der Waals surface area contributed by atoms with Crippen LogP contribution < -0.4 is 15.2 Å². The Morgan fingerprint density at radius 2 is 1.89 bits per heavy atom. The number of methoxy groups -OCH3 is 1. The molecule has 0 aliphatic carbocycles. The molecule has 12 heteroatoms. The average Bonchev–Trinajstić information content (AvgIpc) is 3.12. The van der Waals surface area contributed by atoms with Crippen molar-refractivity contribution in [1.82, 2.24) is 24.2 Å². The van der Waals surface area contributed by atoms with E-state index >= 15 is 0 Å². The Hall–Kier alpha value is -4.03. The first-order valence-electron chi connectivity index (χ1n) is 10.8. The highest BCUT2D eigenvalue weighted by molar-refractivity contribution is 7.89. The van der Waals surface area contributed by atoms with Gasteiger partial charge in [0.1, 0.15) is 4.90 Å². The van der Waals surface area contributed by atoms with Crippen molar-refractivity contribution in [3.8, 4) is 17.0 Å². The normalized spacial score (nSPS) is 11.6. The summed E-state index contributed by atoms with van der Waals surface area (Å²) in [5.74, 6) is 0.416. The Balaban J connectivity index is 0.00000115. The summed E-state index contributed by atoms with van der Waals surface area (Å²) in [7, 11) is -2.47. The third-order valence-corrected chi connectivity index (χ3v) is 6.67. The van der Waals surface area contributed by atoms with Crippen molar-refractivity contribution in [1.29, 1.82) is 0 Å². The molecule has 0 spiro atoms. The van der Waals surface area contributed by atoms with Crippen molar-refractivity contribution in [3.63, 3.8) is 0 Å². The van der Waals surface area contributed by atoms with Gasteiger partial charge in [-0.1, -0.05) is 12.1 Å². The Morgan fingerprint density at radius 3 is 2.50 bits per heavy atom. The van der Waals surface area contributed by atoms with E-state index in [2.05, 4.69) is 19.7 Å². The van der Waals surface area contributed by atoms with Crippen LogP contribution >= 0.6 is 0 Å². The van der Waals surface area contributed by atoms with Gasteiger partial charge in [0.05, 0.1) is 24.7 Å². The quantitative estimate of drug-likeness (QED) is 0.330. The Kier molecular flexibility index (Phi) is 7.90. The molecule has 3 aromatic heterocycles. The van der Waals surface area contributed by atoms with E-state index in [0.717, 1.165) is 22.2 Å². The van der Waals surface area contributed by atoms with Gasteiger partial charge in [0.25, 0.3) is 6.47 Å². The van der Waals surface area contributed by atoms with Crippen LogP contribution in [0.2, 0.25) is 0 Å². The summed E-state index contributed by atoms with van der Waals surface area (Å²) in [5.41, 5.74) is 9.47. The molecule has 1 aromatic carbocycles. The summed E-state index contributed by atoms with van der Waals surface area (Å²) in [6.07, 6.45) is 5.08. The van der Waals surface area contributed by atoms with Gasteiger partial charge in [-0.25, -0.2) is 23.1 Å². The molecule has 0 bridgehead atoms. The van der Waals surface area contributed by atoms with E-state index in [-0.39, 0.29) is 17.2 Å². The van der Waals surface area contributed by atoms with Crippen LogP contribution in [0.15, 0.2) is 59.9 Å². The maximum atomic E-state index is 13.0. The summed E-state index contributed by atoms with van der Waals surface area (Å²) in [6.45, 7) is 5.58. The first-order valence-corrected chi connectivity index (χ1v) is 12.3. The van der Waals surface area contributed by atoms with Gasteiger partial charge < -0.3 is 20.1 Å². The smallest absolute Gasteiger partial charge is 0.290 e. The van der Waals surface area contributed by atoms with Crippen LogP contribution in [0, 0.1) is 0 Å². The molecule has 0 atom stereocenters. The third-order valence-electron chi connectivity index (χ3n) is 4.92. The number of rotatable bonds is 6. The number of nitrogens with one attached hydrogen (secondary N) is 1. The summed E-state index contributed by atoms with van der Waals surface area (Å²) in [4.78, 5) is 21.2. The summed E-state index contributed by atoms with van der Waals surface area (Å²) in [5, 5.41) is 6.89. The average molecular weight is 513 g/mol. The van der Waals surface area contributed by atoms with Crippen LogP contribution in [0.1, 0.15) is 26.3 Å². The molecule has 0 aliphatic rings. The van der Waals surface area contributed by atoms with E-state index in [1.54, 1.807) is 45.4 Å². The second kappa shape index (κ2) is 10.7. The number of benzene rings is 1. The molecular formula is C24H28N6O5S. The minimum atomic E-state index is -3.86. The molecule has 36 heavy (non-hydrogen) atoms. The zero-order chi connectivity index (χ0) is 26.5. The number of pyridine rings is 2. The number of hydrogen-bond acceptors (Lipinski definition) is 8. The Morgan fingerprint density at radius 1 is 1.17 bits per heavy atom. The van der Waals surface area contributed by atoms with E-state index in [9.17, 15) is 8.42 Å². The Labute approximate surface area is 209 Å². The largest absolute Gasteiger partial charge is 0.483 e. The number of hydrogen-bond donors (Lipinski definition) is 3. The molecule has 0 saturated carbocycles. The number of anilines is 1. The molecular weight excluding hydrogens is 484 g/mol. The first-order chi connectivity index (χ1) is 17.0. The SMILES string of the molecule is COc1ncc(-c2ccc3nc(N)n(Cc4cccnc4)c3c2)cc1S(=O)(=O)NC(C)(C)C.O=CO. The molecule has 4 N–H and O–H groups in total. The fourth-order valence-electron chi connectivity index (χ4n) is 3.56. The van der Waals surface area contributed by atoms with Crippen molar-refractivity contribution in [2.24, 2.45) is 0 Å². The summed E-state index contributed by atoms with van der Waals surface area (Å²) < 4.78 is 35.8. The maximum Gasteiger partial charge on any atom is 0.290 e. The number of sulfonamides is 1. The van der Waals surface area contributed by atoms with E-state index in [4.69, 9.17) is 20.4 Å². The number of nitrogen functional groups attached to an aromatic ring is 1. The molecule has 0 unspecified atom stereocenters.